The first kappa shape index (κ1) is 15.8. The molecule has 1 aromatic heterocycles. The topological polar surface area (TPSA) is 45.6 Å². The van der Waals surface area contributed by atoms with E-state index < -0.39 is 0 Å². The highest BCUT2D eigenvalue weighted by Crippen LogP contribution is 2.29. The van der Waals surface area contributed by atoms with Gasteiger partial charge in [-0.2, -0.15) is 0 Å². The van der Waals surface area contributed by atoms with Gasteiger partial charge in [0.05, 0.1) is 12.7 Å². The lowest BCUT2D eigenvalue weighted by atomic mass is 10.1. The highest BCUT2D eigenvalue weighted by molar-refractivity contribution is 5.53. The minimum absolute atomic E-state index is 0.112. The van der Waals surface area contributed by atoms with Gasteiger partial charge in [0.1, 0.15) is 0 Å². The molecule has 0 atom stereocenters. The molecule has 0 saturated heterocycles. The first-order chi connectivity index (χ1) is 9.13. The fraction of sp³-hybridized carbons (Fsp3) is 0.667. The van der Waals surface area contributed by atoms with Crippen molar-refractivity contribution in [1.82, 2.24) is 4.98 Å². The lowest BCUT2D eigenvalue weighted by Crippen LogP contribution is -2.37. The van der Waals surface area contributed by atoms with E-state index in [1.807, 2.05) is 26.0 Å². The van der Waals surface area contributed by atoms with Crippen molar-refractivity contribution < 1.29 is 9.84 Å². The predicted octanol–water partition coefficient (Wildman–Crippen LogP) is 2.86. The molecule has 0 saturated carbocycles. The minimum Gasteiger partial charge on any atom is -0.487 e. The van der Waals surface area contributed by atoms with E-state index in [1.54, 1.807) is 6.20 Å². The van der Waals surface area contributed by atoms with Crippen LogP contribution in [-0.2, 0) is 0 Å². The predicted molar refractivity (Wildman–Crippen MR) is 78.8 cm³/mol. The summed E-state index contributed by atoms with van der Waals surface area (Å²) < 4.78 is 5.83. The number of hydrogen-bond donors (Lipinski definition) is 1. The summed E-state index contributed by atoms with van der Waals surface area (Å²) in [5.74, 6) is 1.62. The Hall–Kier alpha value is -1.29. The number of aromatic nitrogens is 1. The number of nitrogens with zero attached hydrogens (tertiary/aromatic N) is 2. The maximum absolute atomic E-state index is 9.30. The molecule has 0 aliphatic heterocycles. The summed E-state index contributed by atoms with van der Waals surface area (Å²) in [5, 5.41) is 9.30. The van der Waals surface area contributed by atoms with Crippen LogP contribution in [0.3, 0.4) is 0 Å². The minimum atomic E-state index is 0.112. The third-order valence-corrected chi connectivity index (χ3v) is 3.11. The maximum Gasteiger partial charge on any atom is 0.171 e. The summed E-state index contributed by atoms with van der Waals surface area (Å²) in [4.78, 5) is 6.61. The number of hydrogen-bond acceptors (Lipinski definition) is 4. The van der Waals surface area contributed by atoms with Crippen LogP contribution in [0.4, 0.5) is 5.82 Å². The van der Waals surface area contributed by atoms with Gasteiger partial charge < -0.3 is 14.7 Å². The zero-order valence-corrected chi connectivity index (χ0v) is 12.5. The summed E-state index contributed by atoms with van der Waals surface area (Å²) in [7, 11) is 0. The molecule has 4 nitrogen and oxygen atoms in total. The van der Waals surface area contributed by atoms with Gasteiger partial charge in [-0.3, -0.25) is 0 Å². The van der Waals surface area contributed by atoms with Gasteiger partial charge >= 0.3 is 0 Å². The Kier molecular flexibility index (Phi) is 6.64. The van der Waals surface area contributed by atoms with Crippen molar-refractivity contribution in [2.24, 2.45) is 0 Å². The number of aliphatic hydroxyl groups is 1. The van der Waals surface area contributed by atoms with E-state index in [2.05, 4.69) is 23.7 Å². The summed E-state index contributed by atoms with van der Waals surface area (Å²) in [6.07, 6.45) is 3.93. The van der Waals surface area contributed by atoms with Crippen molar-refractivity contribution in [3.63, 3.8) is 0 Å². The van der Waals surface area contributed by atoms with Crippen molar-refractivity contribution in [1.29, 1.82) is 0 Å². The van der Waals surface area contributed by atoms with Crippen LogP contribution in [0.15, 0.2) is 18.3 Å². The van der Waals surface area contributed by atoms with Crippen LogP contribution in [0.25, 0.3) is 0 Å². The second kappa shape index (κ2) is 8.00. The van der Waals surface area contributed by atoms with Crippen molar-refractivity contribution in [2.45, 2.75) is 52.7 Å². The molecule has 0 radical (unpaired) electrons. The molecule has 1 N–H and O–H groups in total. The molecule has 1 heterocycles. The number of anilines is 1. The smallest absolute Gasteiger partial charge is 0.171 e. The molecule has 0 fully saturated rings. The molecule has 4 heteroatoms. The van der Waals surface area contributed by atoms with Gasteiger partial charge in [0.2, 0.25) is 0 Å². The molecular weight excluding hydrogens is 240 g/mol. The first-order valence-electron chi connectivity index (χ1n) is 7.13. The summed E-state index contributed by atoms with van der Waals surface area (Å²) >= 11 is 0. The SMILES string of the molecule is CCC(CC)N(CCO)c1ncccc1OC(C)C. The van der Waals surface area contributed by atoms with Crippen molar-refractivity contribution >= 4 is 5.82 Å². The molecule has 0 unspecified atom stereocenters. The van der Waals surface area contributed by atoms with Crippen LogP contribution >= 0.6 is 0 Å². The fourth-order valence-electron chi connectivity index (χ4n) is 2.24. The van der Waals surface area contributed by atoms with E-state index in [1.165, 1.54) is 0 Å². The zero-order chi connectivity index (χ0) is 14.3. The van der Waals surface area contributed by atoms with Gasteiger partial charge in [0, 0.05) is 18.8 Å². The van der Waals surface area contributed by atoms with Crippen molar-refractivity contribution in [3.05, 3.63) is 18.3 Å². The molecule has 1 rings (SSSR count). The number of pyridine rings is 1. The Labute approximate surface area is 116 Å². The summed E-state index contributed by atoms with van der Waals surface area (Å²) in [5.41, 5.74) is 0. The van der Waals surface area contributed by atoms with Crippen molar-refractivity contribution in [2.75, 3.05) is 18.1 Å². The van der Waals surface area contributed by atoms with Gasteiger partial charge in [0.15, 0.2) is 11.6 Å². The first-order valence-corrected chi connectivity index (χ1v) is 7.13. The molecule has 0 aliphatic carbocycles. The van der Waals surface area contributed by atoms with E-state index in [-0.39, 0.29) is 12.7 Å². The van der Waals surface area contributed by atoms with Gasteiger partial charge in [-0.25, -0.2) is 4.98 Å². The number of aliphatic hydroxyl groups excluding tert-OH is 1. The molecule has 0 aliphatic rings. The Bertz CT molecular complexity index is 365. The molecule has 0 amide bonds. The van der Waals surface area contributed by atoms with Gasteiger partial charge in [-0.1, -0.05) is 13.8 Å². The lowest BCUT2D eigenvalue weighted by molar-refractivity contribution is 0.240. The van der Waals surface area contributed by atoms with E-state index in [0.29, 0.717) is 12.6 Å². The van der Waals surface area contributed by atoms with E-state index in [4.69, 9.17) is 4.74 Å². The standard InChI is InChI=1S/C15H26N2O2/c1-5-13(6-2)17(10-11-18)15-14(19-12(3)4)8-7-9-16-15/h7-9,12-13,18H,5-6,10-11H2,1-4H3. The monoisotopic (exact) mass is 266 g/mol. The summed E-state index contributed by atoms with van der Waals surface area (Å²) in [6.45, 7) is 9.02. The average Bonchev–Trinajstić information content (AvgIpc) is 2.39. The molecular formula is C15H26N2O2. The molecule has 19 heavy (non-hydrogen) atoms. The number of rotatable bonds is 8. The second-order valence-electron chi connectivity index (χ2n) is 4.88. The molecule has 0 bridgehead atoms. The Morgan fingerprint density at radius 2 is 2.00 bits per heavy atom. The Morgan fingerprint density at radius 1 is 1.32 bits per heavy atom. The second-order valence-corrected chi connectivity index (χ2v) is 4.88. The van der Waals surface area contributed by atoms with Crippen LogP contribution in [0.5, 0.6) is 5.75 Å². The van der Waals surface area contributed by atoms with Crippen LogP contribution in [0, 0.1) is 0 Å². The number of ether oxygens (including phenoxy) is 1. The molecule has 0 spiro atoms. The van der Waals surface area contributed by atoms with Gasteiger partial charge in [-0.05, 0) is 38.8 Å². The van der Waals surface area contributed by atoms with Crippen LogP contribution in [-0.4, -0.2) is 35.4 Å². The largest absolute Gasteiger partial charge is 0.487 e. The summed E-state index contributed by atoms with van der Waals surface area (Å²) in [6, 6.07) is 4.19. The molecule has 108 valence electrons. The van der Waals surface area contributed by atoms with E-state index in [0.717, 1.165) is 24.4 Å². The Morgan fingerprint density at radius 3 is 2.53 bits per heavy atom. The van der Waals surface area contributed by atoms with E-state index >= 15 is 0 Å². The van der Waals surface area contributed by atoms with Crippen LogP contribution in [0.1, 0.15) is 40.5 Å². The van der Waals surface area contributed by atoms with Crippen LogP contribution in [0.2, 0.25) is 0 Å². The highest BCUT2D eigenvalue weighted by atomic mass is 16.5. The quantitative estimate of drug-likeness (QED) is 0.786. The van der Waals surface area contributed by atoms with E-state index in [9.17, 15) is 5.11 Å². The van der Waals surface area contributed by atoms with Gasteiger partial charge in [0.25, 0.3) is 0 Å². The Balaban J connectivity index is 3.06. The third-order valence-electron chi connectivity index (χ3n) is 3.11. The lowest BCUT2D eigenvalue weighted by Gasteiger charge is -2.32. The normalized spacial score (nSPS) is 11.1. The molecule has 1 aromatic rings. The maximum atomic E-state index is 9.30. The fourth-order valence-corrected chi connectivity index (χ4v) is 2.24. The average molecular weight is 266 g/mol. The van der Waals surface area contributed by atoms with Crippen molar-refractivity contribution in [3.8, 4) is 5.75 Å². The van der Waals surface area contributed by atoms with Crippen LogP contribution < -0.4 is 9.64 Å². The highest BCUT2D eigenvalue weighted by Gasteiger charge is 2.20. The van der Waals surface area contributed by atoms with Gasteiger partial charge in [-0.15, -0.1) is 0 Å². The third kappa shape index (κ3) is 4.39. The molecule has 0 aromatic carbocycles. The zero-order valence-electron chi connectivity index (χ0n) is 12.5.